The topological polar surface area (TPSA) is 23.8 Å². The molecule has 12 heavy (non-hydrogen) atoms. The molecule has 0 bridgehead atoms. The highest BCUT2D eigenvalue weighted by Crippen LogP contribution is 2.18. The van der Waals surface area contributed by atoms with Crippen molar-refractivity contribution >= 4 is 0 Å². The maximum Gasteiger partial charge on any atom is 0.0946 e. The first-order chi connectivity index (χ1) is 5.79. The molecule has 0 aliphatic rings. The lowest BCUT2D eigenvalue weighted by atomic mass is 9.99. The van der Waals surface area contributed by atoms with Gasteiger partial charge in [0.15, 0.2) is 0 Å². The van der Waals surface area contributed by atoms with E-state index in [1.54, 1.807) is 0 Å². The molecule has 0 fully saturated rings. The normalized spacial score (nSPS) is 12.2. The van der Waals surface area contributed by atoms with Gasteiger partial charge in [0.1, 0.15) is 0 Å². The molecule has 0 spiro atoms. The lowest BCUT2D eigenvalue weighted by Gasteiger charge is -2.05. The van der Waals surface area contributed by atoms with Gasteiger partial charge in [-0.25, -0.2) is 0 Å². The van der Waals surface area contributed by atoms with Crippen molar-refractivity contribution in [2.75, 3.05) is 0 Å². The third-order valence-corrected chi connectivity index (χ3v) is 2.04. The summed E-state index contributed by atoms with van der Waals surface area (Å²) in [6, 6.07) is 2.32. The van der Waals surface area contributed by atoms with Gasteiger partial charge in [-0.1, -0.05) is 39.2 Å². The van der Waals surface area contributed by atoms with E-state index in [4.69, 9.17) is 5.26 Å². The number of nitrogens with zero attached hydrogens (tertiary/aromatic N) is 1. The molecule has 0 aliphatic carbocycles. The molecule has 0 radical (unpaired) electrons. The zero-order valence-corrected chi connectivity index (χ0v) is 8.48. The van der Waals surface area contributed by atoms with Gasteiger partial charge in [0.2, 0.25) is 0 Å². The summed E-state index contributed by atoms with van der Waals surface area (Å²) in [6.45, 7) is 6.42. The Balaban J connectivity index is 4.40. The Labute approximate surface area is 76.1 Å². The molecule has 1 heteroatoms. The van der Waals surface area contributed by atoms with E-state index in [1.807, 2.05) is 0 Å². The summed E-state index contributed by atoms with van der Waals surface area (Å²) in [5.74, 6) is 0. The van der Waals surface area contributed by atoms with E-state index < -0.39 is 0 Å². The van der Waals surface area contributed by atoms with Gasteiger partial charge < -0.3 is 0 Å². The largest absolute Gasteiger partial charge is 0.193 e. The van der Waals surface area contributed by atoms with Crippen LogP contribution in [-0.4, -0.2) is 0 Å². The van der Waals surface area contributed by atoms with Crippen molar-refractivity contribution in [1.82, 2.24) is 0 Å². The van der Waals surface area contributed by atoms with Gasteiger partial charge in [0.25, 0.3) is 0 Å². The number of hydrogen-bond donors (Lipinski definition) is 0. The van der Waals surface area contributed by atoms with Gasteiger partial charge >= 0.3 is 0 Å². The van der Waals surface area contributed by atoms with Crippen molar-refractivity contribution in [3.05, 3.63) is 11.1 Å². The Morgan fingerprint density at radius 3 is 2.00 bits per heavy atom. The van der Waals surface area contributed by atoms with Crippen molar-refractivity contribution in [3.63, 3.8) is 0 Å². The van der Waals surface area contributed by atoms with Crippen LogP contribution in [0.3, 0.4) is 0 Å². The molecule has 1 nitrogen and oxygen atoms in total. The van der Waals surface area contributed by atoms with Crippen LogP contribution in [0.15, 0.2) is 11.1 Å². The Kier molecular flexibility index (Phi) is 6.47. The predicted octanol–water partition coefficient (Wildman–Crippen LogP) is 3.82. The maximum atomic E-state index is 8.88. The third kappa shape index (κ3) is 3.57. The second-order valence-corrected chi connectivity index (χ2v) is 3.05. The lowest BCUT2D eigenvalue weighted by molar-refractivity contribution is 0.818. The molecule has 0 aromatic rings. The van der Waals surface area contributed by atoms with Crippen LogP contribution in [0.4, 0.5) is 0 Å². The van der Waals surface area contributed by atoms with Gasteiger partial charge in [0, 0.05) is 5.57 Å². The van der Waals surface area contributed by atoms with E-state index in [0.29, 0.717) is 0 Å². The van der Waals surface area contributed by atoms with E-state index in [0.717, 1.165) is 37.7 Å². The van der Waals surface area contributed by atoms with Crippen LogP contribution in [0, 0.1) is 11.3 Å². The van der Waals surface area contributed by atoms with Crippen molar-refractivity contribution in [1.29, 1.82) is 5.26 Å². The Bertz CT molecular complexity index is 184. The van der Waals surface area contributed by atoms with Crippen LogP contribution < -0.4 is 0 Å². The quantitative estimate of drug-likeness (QED) is 0.568. The monoisotopic (exact) mass is 165 g/mol. The van der Waals surface area contributed by atoms with Gasteiger partial charge in [0.05, 0.1) is 6.07 Å². The second-order valence-electron chi connectivity index (χ2n) is 3.05. The van der Waals surface area contributed by atoms with Gasteiger partial charge in [-0.15, -0.1) is 0 Å². The summed E-state index contributed by atoms with van der Waals surface area (Å²) < 4.78 is 0. The summed E-state index contributed by atoms with van der Waals surface area (Å²) in [7, 11) is 0. The fourth-order valence-electron chi connectivity index (χ4n) is 1.40. The van der Waals surface area contributed by atoms with Crippen LogP contribution >= 0.6 is 0 Å². The zero-order valence-electron chi connectivity index (χ0n) is 8.48. The molecule has 0 atom stereocenters. The first-order valence-electron chi connectivity index (χ1n) is 4.91. The Morgan fingerprint density at radius 2 is 1.67 bits per heavy atom. The molecule has 0 heterocycles. The zero-order chi connectivity index (χ0) is 9.40. The molecule has 0 N–H and O–H groups in total. The third-order valence-electron chi connectivity index (χ3n) is 2.04. The molecule has 0 aromatic carbocycles. The summed E-state index contributed by atoms with van der Waals surface area (Å²) in [5, 5.41) is 8.88. The average molecular weight is 165 g/mol. The minimum Gasteiger partial charge on any atom is -0.193 e. The van der Waals surface area contributed by atoms with Gasteiger partial charge in [-0.2, -0.15) is 5.26 Å². The molecular formula is C11H19N. The van der Waals surface area contributed by atoms with Crippen molar-refractivity contribution in [2.24, 2.45) is 0 Å². The Hall–Kier alpha value is -0.770. The first kappa shape index (κ1) is 11.2. The van der Waals surface area contributed by atoms with Crippen LogP contribution in [0.1, 0.15) is 52.9 Å². The average Bonchev–Trinajstić information content (AvgIpc) is 2.11. The number of rotatable bonds is 5. The van der Waals surface area contributed by atoms with Crippen LogP contribution in [0.5, 0.6) is 0 Å². The highest BCUT2D eigenvalue weighted by atomic mass is 14.3. The minimum atomic E-state index is 0.958. The minimum absolute atomic E-state index is 0.958. The van der Waals surface area contributed by atoms with Crippen molar-refractivity contribution < 1.29 is 0 Å². The molecule has 0 saturated heterocycles. The summed E-state index contributed by atoms with van der Waals surface area (Å²) >= 11 is 0. The SMILES string of the molecule is CCC/C(C#N)=C(/CC)CCC. The smallest absolute Gasteiger partial charge is 0.0946 e. The molecular weight excluding hydrogens is 146 g/mol. The van der Waals surface area contributed by atoms with Crippen LogP contribution in [0.25, 0.3) is 0 Å². The molecule has 0 aliphatic heterocycles. The Morgan fingerprint density at radius 1 is 1.08 bits per heavy atom. The molecule has 0 aromatic heterocycles. The van der Waals surface area contributed by atoms with Gasteiger partial charge in [-0.05, 0) is 19.3 Å². The predicted molar refractivity (Wildman–Crippen MR) is 52.7 cm³/mol. The summed E-state index contributed by atoms with van der Waals surface area (Å²) in [6.07, 6.45) is 5.32. The molecule has 0 rings (SSSR count). The molecule has 0 amide bonds. The standard InChI is InChI=1S/C11H19N/c1-4-7-10(6-3)11(9-12)8-5-2/h4-8H2,1-3H3/b11-10+. The number of allylic oxidation sites excluding steroid dienone is 2. The lowest BCUT2D eigenvalue weighted by Crippen LogP contribution is -1.89. The number of hydrogen-bond acceptors (Lipinski definition) is 1. The van der Waals surface area contributed by atoms with E-state index in [1.165, 1.54) is 5.57 Å². The molecule has 0 unspecified atom stereocenters. The number of nitriles is 1. The first-order valence-corrected chi connectivity index (χ1v) is 4.91. The summed E-state index contributed by atoms with van der Waals surface area (Å²) in [4.78, 5) is 0. The highest BCUT2D eigenvalue weighted by Gasteiger charge is 2.02. The van der Waals surface area contributed by atoms with Crippen LogP contribution in [0.2, 0.25) is 0 Å². The fourth-order valence-corrected chi connectivity index (χ4v) is 1.40. The fraction of sp³-hybridized carbons (Fsp3) is 0.727. The van der Waals surface area contributed by atoms with E-state index in [9.17, 15) is 0 Å². The van der Waals surface area contributed by atoms with Crippen molar-refractivity contribution in [3.8, 4) is 6.07 Å². The highest BCUT2D eigenvalue weighted by molar-refractivity contribution is 5.27. The van der Waals surface area contributed by atoms with E-state index in [2.05, 4.69) is 26.8 Å². The van der Waals surface area contributed by atoms with E-state index in [-0.39, 0.29) is 0 Å². The second kappa shape index (κ2) is 6.91. The molecule has 68 valence electrons. The maximum absolute atomic E-state index is 8.88. The summed E-state index contributed by atoms with van der Waals surface area (Å²) in [5.41, 5.74) is 2.39. The van der Waals surface area contributed by atoms with Gasteiger partial charge in [-0.3, -0.25) is 0 Å². The van der Waals surface area contributed by atoms with E-state index >= 15 is 0 Å². The molecule has 0 saturated carbocycles. The van der Waals surface area contributed by atoms with Crippen LogP contribution in [-0.2, 0) is 0 Å². The van der Waals surface area contributed by atoms with Crippen molar-refractivity contribution in [2.45, 2.75) is 52.9 Å².